The Bertz CT molecular complexity index is 2720. The summed E-state index contributed by atoms with van der Waals surface area (Å²) in [6.45, 7) is 0. The van der Waals surface area contributed by atoms with E-state index in [0.717, 1.165) is 0 Å². The minimum absolute atomic E-state index is 1.37. The van der Waals surface area contributed by atoms with Gasteiger partial charge in [0, 0.05) is 0 Å². The van der Waals surface area contributed by atoms with Crippen molar-refractivity contribution >= 4 is 118 Å². The molecule has 0 heterocycles. The first kappa shape index (κ1) is 17.5. The summed E-state index contributed by atoms with van der Waals surface area (Å²) in [7, 11) is 0. The summed E-state index contributed by atoms with van der Waals surface area (Å²) >= 11 is 0. The van der Waals surface area contributed by atoms with Crippen molar-refractivity contribution in [1.82, 2.24) is 0 Å². The highest BCUT2D eigenvalue weighted by atomic mass is 14.3. The van der Waals surface area contributed by atoms with Gasteiger partial charge in [-0.05, 0) is 131 Å². The summed E-state index contributed by atoms with van der Waals surface area (Å²) in [6, 6.07) is 37.1. The number of rotatable bonds is 0. The quantitative estimate of drug-likeness (QED) is 0.193. The molecule has 0 radical (unpaired) electrons. The van der Waals surface area contributed by atoms with E-state index in [1.165, 1.54) is 118 Å². The zero-order valence-electron chi connectivity index (χ0n) is 20.2. The fraction of sp³-hybridized carbons (Fsp3) is 0. The highest BCUT2D eigenvalue weighted by Crippen LogP contribution is 2.61. The van der Waals surface area contributed by atoms with Gasteiger partial charge in [0.15, 0.2) is 0 Å². The summed E-state index contributed by atoms with van der Waals surface area (Å²) < 4.78 is 0. The third kappa shape index (κ3) is 1.49. The Kier molecular flexibility index (Phi) is 2.40. The SMILES string of the molecule is c1ccc2c(c1)c1cc3ccc4cc5c6ccccc6c6c5c5c4c3c3c1c2c1c2ccccc2c6c1c35. The van der Waals surface area contributed by atoms with Crippen molar-refractivity contribution in [3.05, 3.63) is 97.1 Å². The van der Waals surface area contributed by atoms with E-state index in [1.807, 2.05) is 0 Å². The fourth-order valence-corrected chi connectivity index (χ4v) is 8.95. The maximum absolute atomic E-state index is 2.48. The minimum Gasteiger partial charge on any atom is -0.0616 e. The maximum Gasteiger partial charge on any atom is -0.00000300 e. The van der Waals surface area contributed by atoms with Crippen LogP contribution in [0.4, 0.5) is 0 Å². The van der Waals surface area contributed by atoms with Crippen molar-refractivity contribution in [1.29, 1.82) is 0 Å². The molecule has 0 spiro atoms. The molecule has 0 bridgehead atoms. The number of hydrogen-bond donors (Lipinski definition) is 0. The fourth-order valence-electron chi connectivity index (χ4n) is 8.95. The predicted octanol–water partition coefficient (Wildman–Crippen LogP) is 11.0. The predicted molar refractivity (Wildman–Crippen MR) is 166 cm³/mol. The molecule has 12 aromatic rings. The second-order valence-electron chi connectivity index (χ2n) is 11.5. The molecule has 0 nitrogen and oxygen atoms in total. The van der Waals surface area contributed by atoms with Gasteiger partial charge in [-0.25, -0.2) is 0 Å². The Morgan fingerprint density at radius 2 is 0.500 bits per heavy atom. The van der Waals surface area contributed by atoms with Crippen molar-refractivity contribution in [3.8, 4) is 0 Å². The Morgan fingerprint density at radius 3 is 0.947 bits per heavy atom. The first-order chi connectivity index (χ1) is 18.9. The van der Waals surface area contributed by atoms with Crippen molar-refractivity contribution < 1.29 is 0 Å². The monoisotopic (exact) mass is 472 g/mol. The van der Waals surface area contributed by atoms with Crippen LogP contribution < -0.4 is 0 Å². The van der Waals surface area contributed by atoms with Crippen LogP contribution in [-0.4, -0.2) is 0 Å². The molecule has 0 heteroatoms. The molecule has 12 aromatic carbocycles. The molecule has 0 saturated heterocycles. The van der Waals surface area contributed by atoms with Crippen molar-refractivity contribution in [2.24, 2.45) is 0 Å². The lowest BCUT2D eigenvalue weighted by molar-refractivity contribution is 1.85. The summed E-state index contributed by atoms with van der Waals surface area (Å²) in [5.74, 6) is 0. The number of benzene rings is 8. The lowest BCUT2D eigenvalue weighted by Crippen LogP contribution is -1.80. The molecule has 12 rings (SSSR count). The topological polar surface area (TPSA) is 0 Å². The van der Waals surface area contributed by atoms with Gasteiger partial charge >= 0.3 is 0 Å². The molecule has 0 fully saturated rings. The van der Waals surface area contributed by atoms with E-state index in [-0.39, 0.29) is 0 Å². The van der Waals surface area contributed by atoms with Gasteiger partial charge in [0.1, 0.15) is 0 Å². The molecule has 0 amide bonds. The van der Waals surface area contributed by atoms with E-state index in [0.29, 0.717) is 0 Å². The van der Waals surface area contributed by atoms with E-state index in [9.17, 15) is 0 Å². The summed E-state index contributed by atoms with van der Waals surface area (Å²) in [6.07, 6.45) is 0. The number of hydrogen-bond acceptors (Lipinski definition) is 0. The van der Waals surface area contributed by atoms with Gasteiger partial charge in [-0.3, -0.25) is 0 Å². The van der Waals surface area contributed by atoms with E-state index >= 15 is 0 Å². The van der Waals surface area contributed by atoms with E-state index < -0.39 is 0 Å². The summed E-state index contributed by atoms with van der Waals surface area (Å²) in [5, 5.41) is 31.6. The van der Waals surface area contributed by atoms with Crippen LogP contribution in [0.15, 0.2) is 97.1 Å². The normalized spacial score (nSPS) is 13.8. The minimum atomic E-state index is 1.37. The van der Waals surface area contributed by atoms with Crippen LogP contribution >= 0.6 is 0 Å². The lowest BCUT2D eigenvalue weighted by Gasteiger charge is -2.09. The first-order valence-corrected chi connectivity index (χ1v) is 13.5. The highest BCUT2D eigenvalue weighted by molar-refractivity contribution is 6.62. The Balaban J connectivity index is 1.67. The molecule has 0 N–H and O–H groups in total. The molecule has 0 aliphatic carbocycles. The molecular weight excluding hydrogens is 456 g/mol. The van der Waals surface area contributed by atoms with Crippen LogP contribution in [0.2, 0.25) is 0 Å². The van der Waals surface area contributed by atoms with E-state index in [4.69, 9.17) is 0 Å². The zero-order chi connectivity index (χ0) is 24.0. The van der Waals surface area contributed by atoms with Crippen LogP contribution in [0.1, 0.15) is 0 Å². The zero-order valence-corrected chi connectivity index (χ0v) is 20.2. The van der Waals surface area contributed by atoms with Gasteiger partial charge in [-0.1, -0.05) is 84.9 Å². The molecular formula is C38H16. The van der Waals surface area contributed by atoms with Gasteiger partial charge in [0.25, 0.3) is 0 Å². The van der Waals surface area contributed by atoms with Gasteiger partial charge in [0.2, 0.25) is 0 Å². The Hall–Kier alpha value is -4.94. The van der Waals surface area contributed by atoms with E-state index in [2.05, 4.69) is 97.1 Å². The molecule has 0 atom stereocenters. The van der Waals surface area contributed by atoms with Crippen LogP contribution in [0, 0.1) is 0 Å². The van der Waals surface area contributed by atoms with Gasteiger partial charge < -0.3 is 0 Å². The third-order valence-corrected chi connectivity index (χ3v) is 10.1. The lowest BCUT2D eigenvalue weighted by atomic mass is 9.92. The van der Waals surface area contributed by atoms with Crippen LogP contribution in [0.5, 0.6) is 0 Å². The summed E-state index contributed by atoms with van der Waals surface area (Å²) in [5.41, 5.74) is 0. The second-order valence-corrected chi connectivity index (χ2v) is 11.5. The van der Waals surface area contributed by atoms with Crippen LogP contribution in [0.25, 0.3) is 118 Å². The van der Waals surface area contributed by atoms with Crippen LogP contribution in [0.3, 0.4) is 0 Å². The molecule has 0 aliphatic rings. The average Bonchev–Trinajstić information content (AvgIpc) is 3.68. The number of fused-ring (bicyclic) bond motifs is 11. The third-order valence-electron chi connectivity index (χ3n) is 10.1. The van der Waals surface area contributed by atoms with Gasteiger partial charge in [-0.2, -0.15) is 0 Å². The van der Waals surface area contributed by atoms with Crippen molar-refractivity contribution in [3.63, 3.8) is 0 Å². The smallest absolute Gasteiger partial charge is 0.00000300 e. The summed E-state index contributed by atoms with van der Waals surface area (Å²) in [4.78, 5) is 0. The molecule has 0 saturated carbocycles. The maximum atomic E-state index is 2.48. The van der Waals surface area contributed by atoms with E-state index in [1.54, 1.807) is 0 Å². The van der Waals surface area contributed by atoms with Crippen molar-refractivity contribution in [2.75, 3.05) is 0 Å². The molecule has 0 aliphatic heterocycles. The standard InChI is InChI=1S/C38H16/c1-3-9-21-19(7-1)25-15-17-13-14-18-16-26-20-8-2-4-10-22(20)30-32-24-12-6-5-11-23(24)31-29(21)33(25)35-27(17)28(18)36(34(26)30)38(35)37(31)32/h1-16H. The first-order valence-electron chi connectivity index (χ1n) is 13.5. The van der Waals surface area contributed by atoms with Crippen molar-refractivity contribution in [2.45, 2.75) is 0 Å². The second kappa shape index (κ2) is 5.21. The highest BCUT2D eigenvalue weighted by Gasteiger charge is 2.32. The van der Waals surface area contributed by atoms with Crippen LogP contribution in [-0.2, 0) is 0 Å². The molecule has 38 heavy (non-hydrogen) atoms. The molecule has 0 unspecified atom stereocenters. The Labute approximate surface area is 215 Å². The Morgan fingerprint density at radius 1 is 0.211 bits per heavy atom. The van der Waals surface area contributed by atoms with Gasteiger partial charge in [-0.15, -0.1) is 0 Å². The largest absolute Gasteiger partial charge is 0.0616 e. The molecule has 0 aromatic heterocycles. The van der Waals surface area contributed by atoms with Gasteiger partial charge in [0.05, 0.1) is 0 Å². The average molecular weight is 473 g/mol. The molecule has 168 valence electrons.